The van der Waals surface area contributed by atoms with Crippen molar-refractivity contribution in [2.45, 2.75) is 13.0 Å². The van der Waals surface area contributed by atoms with E-state index in [9.17, 15) is 4.79 Å². The third-order valence-corrected chi connectivity index (χ3v) is 5.12. The van der Waals surface area contributed by atoms with E-state index in [2.05, 4.69) is 30.2 Å². The molecule has 0 saturated carbocycles. The summed E-state index contributed by atoms with van der Waals surface area (Å²) in [6.07, 6.45) is 3.82. The molecule has 1 aliphatic rings. The molecule has 0 spiro atoms. The lowest BCUT2D eigenvalue weighted by Gasteiger charge is -2.07. The summed E-state index contributed by atoms with van der Waals surface area (Å²) in [6.45, 7) is 0.888. The summed E-state index contributed by atoms with van der Waals surface area (Å²) in [6, 6.07) is 7.25. The number of hydrogen-bond donors (Lipinski definition) is 2. The highest BCUT2D eigenvalue weighted by atomic mass is 16.5. The summed E-state index contributed by atoms with van der Waals surface area (Å²) >= 11 is 0. The molecule has 12 nitrogen and oxygen atoms in total. The van der Waals surface area contributed by atoms with E-state index in [0.717, 1.165) is 12.0 Å². The Balaban J connectivity index is 1.46. The van der Waals surface area contributed by atoms with Crippen LogP contribution in [0.4, 0.5) is 0 Å². The maximum atomic E-state index is 13.0. The number of nitrogens with zero attached hydrogens (tertiary/aromatic N) is 7. The summed E-state index contributed by atoms with van der Waals surface area (Å²) < 4.78 is 14.2. The highest BCUT2D eigenvalue weighted by molar-refractivity contribution is 5.79. The highest BCUT2D eigenvalue weighted by Crippen LogP contribution is 2.33. The summed E-state index contributed by atoms with van der Waals surface area (Å²) in [4.78, 5) is 25.9. The zero-order chi connectivity index (χ0) is 21.7. The molecule has 1 aliphatic heterocycles. The predicted octanol–water partition coefficient (Wildman–Crippen LogP) is 0.867. The molecule has 0 aliphatic carbocycles. The van der Waals surface area contributed by atoms with Crippen LogP contribution < -0.4 is 15.0 Å². The lowest BCUT2D eigenvalue weighted by atomic mass is 10.2. The molecule has 0 saturated heterocycles. The number of benzene rings is 1. The maximum Gasteiger partial charge on any atom is 0.268 e. The van der Waals surface area contributed by atoms with E-state index in [4.69, 9.17) is 14.6 Å². The van der Waals surface area contributed by atoms with Crippen LogP contribution in [0.5, 0.6) is 11.5 Å². The molecule has 0 amide bonds. The maximum absolute atomic E-state index is 13.0. The summed E-state index contributed by atoms with van der Waals surface area (Å²) in [7, 11) is 0. The molecule has 0 bridgehead atoms. The zero-order valence-corrected chi connectivity index (χ0v) is 16.6. The molecule has 0 unspecified atom stereocenters. The number of aliphatic hydroxyl groups excluding tert-OH is 1. The van der Waals surface area contributed by atoms with Crippen molar-refractivity contribution in [1.29, 1.82) is 0 Å². The minimum Gasteiger partial charge on any atom is -0.490 e. The molecule has 2 N–H and O–H groups in total. The van der Waals surface area contributed by atoms with Crippen LogP contribution in [0.15, 0.2) is 41.5 Å². The number of aromatic amines is 1. The van der Waals surface area contributed by atoms with Crippen LogP contribution in [0.3, 0.4) is 0 Å². The van der Waals surface area contributed by atoms with Crippen molar-refractivity contribution in [3.05, 3.63) is 52.8 Å². The normalized spacial score (nSPS) is 13.5. The number of rotatable bonds is 3. The van der Waals surface area contributed by atoms with Gasteiger partial charge in [-0.1, -0.05) is 0 Å². The van der Waals surface area contributed by atoms with Gasteiger partial charge in [-0.25, -0.2) is 9.55 Å². The largest absolute Gasteiger partial charge is 0.490 e. The number of ether oxygens (including phenoxy) is 2. The molecular formula is C20H16N8O4. The molecular weight excluding hydrogens is 416 g/mol. The van der Waals surface area contributed by atoms with Gasteiger partial charge in [-0.2, -0.15) is 14.5 Å². The van der Waals surface area contributed by atoms with E-state index in [0.29, 0.717) is 47.2 Å². The van der Waals surface area contributed by atoms with Gasteiger partial charge >= 0.3 is 0 Å². The van der Waals surface area contributed by atoms with Crippen molar-refractivity contribution in [3.8, 4) is 28.8 Å². The van der Waals surface area contributed by atoms with Gasteiger partial charge in [0.05, 0.1) is 24.1 Å². The van der Waals surface area contributed by atoms with Crippen LogP contribution in [-0.2, 0) is 6.61 Å². The Morgan fingerprint density at radius 2 is 2.00 bits per heavy atom. The lowest BCUT2D eigenvalue weighted by Crippen LogP contribution is -2.20. The fraction of sp³-hybridized carbons (Fsp3) is 0.200. The molecule has 32 heavy (non-hydrogen) atoms. The molecule has 1 aromatic carbocycles. The fourth-order valence-corrected chi connectivity index (χ4v) is 3.57. The van der Waals surface area contributed by atoms with Crippen LogP contribution in [0.1, 0.15) is 12.2 Å². The van der Waals surface area contributed by atoms with E-state index in [-0.39, 0.29) is 23.9 Å². The van der Waals surface area contributed by atoms with Crippen LogP contribution in [0.25, 0.3) is 34.0 Å². The van der Waals surface area contributed by atoms with Gasteiger partial charge in [-0.15, -0.1) is 10.2 Å². The van der Waals surface area contributed by atoms with Gasteiger partial charge in [0.15, 0.2) is 23.1 Å². The Morgan fingerprint density at radius 1 is 1.12 bits per heavy atom. The Morgan fingerprint density at radius 3 is 2.84 bits per heavy atom. The second-order valence-electron chi connectivity index (χ2n) is 7.15. The molecule has 160 valence electrons. The Hall–Kier alpha value is -4.32. The van der Waals surface area contributed by atoms with Gasteiger partial charge in [0.1, 0.15) is 6.61 Å². The number of aromatic nitrogens is 8. The van der Waals surface area contributed by atoms with Gasteiger partial charge in [-0.3, -0.25) is 9.89 Å². The number of pyridine rings is 1. The third kappa shape index (κ3) is 2.88. The van der Waals surface area contributed by atoms with Gasteiger partial charge < -0.3 is 14.6 Å². The Labute approximate surface area is 179 Å². The van der Waals surface area contributed by atoms with E-state index in [1.807, 2.05) is 18.2 Å². The van der Waals surface area contributed by atoms with Crippen LogP contribution in [0.2, 0.25) is 0 Å². The van der Waals surface area contributed by atoms with Crippen molar-refractivity contribution < 1.29 is 14.6 Å². The number of nitrogens with one attached hydrogen (secondary N) is 1. The standard InChI is InChI=1S/C20H16N8O4/c29-10-16-22-20(25-24-16)27-5-4-13-12(18(27)30)9-21-19-23-17(26-28(13)19)11-2-3-14-15(8-11)32-7-1-6-31-14/h2-5,8-9,29H,1,6-7,10H2,(H,22,24,25). The number of H-pyrrole nitrogens is 1. The lowest BCUT2D eigenvalue weighted by molar-refractivity contribution is 0.272. The average Bonchev–Trinajstić information content (AvgIpc) is 3.40. The summed E-state index contributed by atoms with van der Waals surface area (Å²) in [5.41, 5.74) is 0.925. The fourth-order valence-electron chi connectivity index (χ4n) is 3.57. The van der Waals surface area contributed by atoms with Gasteiger partial charge in [0.25, 0.3) is 17.3 Å². The Bertz CT molecular complexity index is 1540. The number of hydrogen-bond acceptors (Lipinski definition) is 9. The summed E-state index contributed by atoms with van der Waals surface area (Å²) in [5, 5.41) is 20.6. The van der Waals surface area contributed by atoms with Gasteiger partial charge in [0.2, 0.25) is 0 Å². The molecule has 6 rings (SSSR count). The Kier molecular flexibility index (Phi) is 4.11. The van der Waals surface area contributed by atoms with Crippen LogP contribution in [-0.4, -0.2) is 57.7 Å². The van der Waals surface area contributed by atoms with E-state index in [1.165, 1.54) is 15.3 Å². The van der Waals surface area contributed by atoms with Gasteiger partial charge in [0, 0.05) is 24.4 Å². The third-order valence-electron chi connectivity index (χ3n) is 5.12. The first-order valence-corrected chi connectivity index (χ1v) is 9.91. The topological polar surface area (TPSA) is 145 Å². The smallest absolute Gasteiger partial charge is 0.268 e. The van der Waals surface area contributed by atoms with Crippen molar-refractivity contribution >= 4 is 16.7 Å². The molecule has 0 radical (unpaired) electrons. The van der Waals surface area contributed by atoms with Crippen LogP contribution >= 0.6 is 0 Å². The van der Waals surface area contributed by atoms with Crippen molar-refractivity contribution in [2.75, 3.05) is 13.2 Å². The average molecular weight is 432 g/mol. The van der Waals surface area contributed by atoms with Crippen molar-refractivity contribution in [2.24, 2.45) is 0 Å². The highest BCUT2D eigenvalue weighted by Gasteiger charge is 2.17. The predicted molar refractivity (Wildman–Crippen MR) is 111 cm³/mol. The number of aliphatic hydroxyl groups is 1. The first-order chi connectivity index (χ1) is 15.7. The SMILES string of the molecule is O=c1c2cnc3nc(-c4ccc5c(c4)OCCCO5)nn3c2ccn1-c1n[nH]c(CO)n1. The summed E-state index contributed by atoms with van der Waals surface area (Å²) in [5.74, 6) is 2.54. The number of fused-ring (bicyclic) bond motifs is 4. The second kappa shape index (κ2) is 7.13. The van der Waals surface area contributed by atoms with Crippen molar-refractivity contribution in [3.63, 3.8) is 0 Å². The molecule has 5 heterocycles. The second-order valence-corrected chi connectivity index (χ2v) is 7.15. The molecule has 5 aromatic rings. The molecule has 4 aromatic heterocycles. The van der Waals surface area contributed by atoms with E-state index in [1.54, 1.807) is 12.3 Å². The van der Waals surface area contributed by atoms with Gasteiger partial charge in [-0.05, 0) is 24.3 Å². The minimum absolute atomic E-state index is 0.132. The first kappa shape index (κ1) is 18.4. The monoisotopic (exact) mass is 432 g/mol. The van der Waals surface area contributed by atoms with E-state index >= 15 is 0 Å². The van der Waals surface area contributed by atoms with E-state index < -0.39 is 0 Å². The molecule has 12 heteroatoms. The van der Waals surface area contributed by atoms with Crippen molar-refractivity contribution in [1.82, 2.24) is 39.3 Å². The molecule has 0 fully saturated rings. The zero-order valence-electron chi connectivity index (χ0n) is 16.6. The van der Waals surface area contributed by atoms with Crippen LogP contribution in [0, 0.1) is 0 Å². The first-order valence-electron chi connectivity index (χ1n) is 9.91. The minimum atomic E-state index is -0.368. The quantitative estimate of drug-likeness (QED) is 0.424. The molecule has 0 atom stereocenters.